The summed E-state index contributed by atoms with van der Waals surface area (Å²) in [7, 11) is 0. The van der Waals surface area contributed by atoms with Gasteiger partial charge in [-0.2, -0.15) is 5.10 Å². The van der Waals surface area contributed by atoms with Crippen LogP contribution in [0.4, 0.5) is 5.69 Å². The SMILES string of the molecule is CC(=O)Nc1ccc(C(=O)N/N=C\c2ccc(-c3ccc(C(=O)[O-])cc3)o2)cc1. The van der Waals surface area contributed by atoms with E-state index in [0.29, 0.717) is 28.3 Å². The summed E-state index contributed by atoms with van der Waals surface area (Å²) in [6.45, 7) is 1.40. The number of aromatic carboxylic acids is 1. The molecule has 29 heavy (non-hydrogen) atoms. The van der Waals surface area contributed by atoms with Crippen molar-refractivity contribution in [3.63, 3.8) is 0 Å². The topological polar surface area (TPSA) is 124 Å². The second kappa shape index (κ2) is 8.66. The molecule has 1 aromatic heterocycles. The molecule has 2 amide bonds. The highest BCUT2D eigenvalue weighted by Crippen LogP contribution is 2.22. The lowest BCUT2D eigenvalue weighted by Gasteiger charge is -2.03. The Morgan fingerprint density at radius 2 is 1.59 bits per heavy atom. The summed E-state index contributed by atoms with van der Waals surface area (Å²) < 4.78 is 5.61. The first kappa shape index (κ1) is 19.6. The lowest BCUT2D eigenvalue weighted by molar-refractivity contribution is -0.255. The monoisotopic (exact) mass is 390 g/mol. The van der Waals surface area contributed by atoms with E-state index >= 15 is 0 Å². The van der Waals surface area contributed by atoms with E-state index in [1.54, 1.807) is 48.5 Å². The van der Waals surface area contributed by atoms with Crippen molar-refractivity contribution in [1.82, 2.24) is 5.43 Å². The number of hydrazone groups is 1. The maximum Gasteiger partial charge on any atom is 0.271 e. The van der Waals surface area contributed by atoms with Crippen LogP contribution in [-0.2, 0) is 4.79 Å². The minimum atomic E-state index is -1.25. The molecule has 3 aromatic rings. The molecular weight excluding hydrogens is 374 g/mol. The molecule has 0 saturated carbocycles. The summed E-state index contributed by atoms with van der Waals surface area (Å²) in [4.78, 5) is 33.9. The molecule has 0 saturated heterocycles. The number of carbonyl (C=O) groups excluding carboxylic acids is 3. The van der Waals surface area contributed by atoms with Gasteiger partial charge in [-0.1, -0.05) is 24.3 Å². The molecule has 0 unspecified atom stereocenters. The van der Waals surface area contributed by atoms with E-state index < -0.39 is 11.9 Å². The normalized spacial score (nSPS) is 10.7. The highest BCUT2D eigenvalue weighted by atomic mass is 16.4. The molecule has 2 N–H and O–H groups in total. The minimum absolute atomic E-state index is 0.0786. The number of rotatable bonds is 6. The molecule has 0 atom stereocenters. The number of nitrogens with zero attached hydrogens (tertiary/aromatic N) is 1. The van der Waals surface area contributed by atoms with E-state index in [1.807, 2.05) is 0 Å². The smallest absolute Gasteiger partial charge is 0.271 e. The molecule has 8 heteroatoms. The third-order valence-corrected chi connectivity index (χ3v) is 3.86. The number of nitrogens with one attached hydrogen (secondary N) is 2. The summed E-state index contributed by atoms with van der Waals surface area (Å²) in [6, 6.07) is 15.8. The van der Waals surface area contributed by atoms with Crippen molar-refractivity contribution in [3.8, 4) is 11.3 Å². The maximum absolute atomic E-state index is 12.1. The molecule has 0 radical (unpaired) electrons. The summed E-state index contributed by atoms with van der Waals surface area (Å²) >= 11 is 0. The van der Waals surface area contributed by atoms with E-state index in [9.17, 15) is 19.5 Å². The average Bonchev–Trinajstić information content (AvgIpc) is 3.17. The molecule has 0 spiro atoms. The van der Waals surface area contributed by atoms with E-state index in [1.165, 1.54) is 25.3 Å². The number of benzene rings is 2. The Balaban J connectivity index is 1.60. The number of carbonyl (C=O) groups is 3. The Morgan fingerprint density at radius 3 is 2.21 bits per heavy atom. The van der Waals surface area contributed by atoms with Gasteiger partial charge in [0, 0.05) is 23.7 Å². The zero-order chi connectivity index (χ0) is 20.8. The van der Waals surface area contributed by atoms with Crippen molar-refractivity contribution in [2.75, 3.05) is 5.32 Å². The first-order valence-electron chi connectivity index (χ1n) is 8.55. The molecule has 0 bridgehead atoms. The van der Waals surface area contributed by atoms with Crippen LogP contribution in [0.5, 0.6) is 0 Å². The van der Waals surface area contributed by atoms with Crippen molar-refractivity contribution < 1.29 is 23.9 Å². The molecule has 1 heterocycles. The molecule has 0 fully saturated rings. The lowest BCUT2D eigenvalue weighted by atomic mass is 10.1. The first-order chi connectivity index (χ1) is 13.9. The summed E-state index contributed by atoms with van der Waals surface area (Å²) in [5.41, 5.74) is 4.13. The molecule has 0 aliphatic rings. The van der Waals surface area contributed by atoms with E-state index in [4.69, 9.17) is 4.42 Å². The Labute approximate surface area is 165 Å². The van der Waals surface area contributed by atoms with Gasteiger partial charge in [-0.05, 0) is 42.0 Å². The average molecular weight is 390 g/mol. The highest BCUT2D eigenvalue weighted by Gasteiger charge is 2.06. The van der Waals surface area contributed by atoms with Crippen LogP contribution in [0, 0.1) is 0 Å². The van der Waals surface area contributed by atoms with Crippen LogP contribution in [0.15, 0.2) is 70.2 Å². The van der Waals surface area contributed by atoms with Crippen molar-refractivity contribution in [3.05, 3.63) is 77.6 Å². The molecule has 3 rings (SSSR count). The van der Waals surface area contributed by atoms with Crippen LogP contribution in [-0.4, -0.2) is 24.0 Å². The number of anilines is 1. The summed E-state index contributed by atoms with van der Waals surface area (Å²) in [5.74, 6) is -0.925. The number of carboxylic acid groups (broad SMARTS) is 1. The van der Waals surface area contributed by atoms with Gasteiger partial charge >= 0.3 is 0 Å². The minimum Gasteiger partial charge on any atom is -0.545 e. The number of furan rings is 1. The molecule has 0 aliphatic carbocycles. The largest absolute Gasteiger partial charge is 0.545 e. The Kier molecular flexibility index (Phi) is 5.84. The standard InChI is InChI=1S/C21H17N3O5/c1-13(25)23-17-8-6-15(7-9-17)20(26)24-22-12-18-10-11-19(29-18)14-2-4-16(5-3-14)21(27)28/h2-12H,1H3,(H,23,25)(H,24,26)(H,27,28)/p-1/b22-12-. The molecule has 146 valence electrons. The van der Waals surface area contributed by atoms with E-state index in [0.717, 1.165) is 0 Å². The maximum atomic E-state index is 12.1. The fourth-order valence-corrected chi connectivity index (χ4v) is 2.48. The van der Waals surface area contributed by atoms with Crippen LogP contribution in [0.1, 0.15) is 33.4 Å². The predicted octanol–water partition coefficient (Wildman–Crippen LogP) is 2.03. The van der Waals surface area contributed by atoms with Gasteiger partial charge in [0.1, 0.15) is 11.5 Å². The first-order valence-corrected chi connectivity index (χ1v) is 8.55. The van der Waals surface area contributed by atoms with Gasteiger partial charge < -0.3 is 19.6 Å². The van der Waals surface area contributed by atoms with Crippen LogP contribution in [0.25, 0.3) is 11.3 Å². The molecule has 0 aliphatic heterocycles. The molecular formula is C21H16N3O5-. The van der Waals surface area contributed by atoms with Crippen molar-refractivity contribution in [2.24, 2.45) is 5.10 Å². The third kappa shape index (κ3) is 5.16. The second-order valence-electron chi connectivity index (χ2n) is 6.02. The number of amides is 2. The van der Waals surface area contributed by atoms with Gasteiger partial charge in [0.05, 0.1) is 12.2 Å². The van der Waals surface area contributed by atoms with Gasteiger partial charge in [0.15, 0.2) is 0 Å². The summed E-state index contributed by atoms with van der Waals surface area (Å²) in [5, 5.41) is 17.3. The molecule has 2 aromatic carbocycles. The lowest BCUT2D eigenvalue weighted by Crippen LogP contribution is -2.21. The predicted molar refractivity (Wildman–Crippen MR) is 104 cm³/mol. The Bertz CT molecular complexity index is 1070. The van der Waals surface area contributed by atoms with Crippen molar-refractivity contribution >= 4 is 29.7 Å². The fraction of sp³-hybridized carbons (Fsp3) is 0.0476. The zero-order valence-corrected chi connectivity index (χ0v) is 15.3. The van der Waals surface area contributed by atoms with Crippen molar-refractivity contribution in [1.29, 1.82) is 0 Å². The van der Waals surface area contributed by atoms with Crippen LogP contribution in [0.3, 0.4) is 0 Å². The van der Waals surface area contributed by atoms with Gasteiger partial charge in [0.25, 0.3) is 5.91 Å². The second-order valence-corrected chi connectivity index (χ2v) is 6.02. The number of carboxylic acids is 1. The number of hydrogen-bond donors (Lipinski definition) is 2. The van der Waals surface area contributed by atoms with Gasteiger partial charge in [-0.25, -0.2) is 5.43 Å². The quantitative estimate of drug-likeness (QED) is 0.492. The van der Waals surface area contributed by atoms with Crippen molar-refractivity contribution in [2.45, 2.75) is 6.92 Å². The zero-order valence-electron chi connectivity index (χ0n) is 15.3. The van der Waals surface area contributed by atoms with Gasteiger partial charge in [-0.3, -0.25) is 9.59 Å². The molecule has 8 nitrogen and oxygen atoms in total. The third-order valence-electron chi connectivity index (χ3n) is 3.86. The fourth-order valence-electron chi connectivity index (χ4n) is 2.48. The van der Waals surface area contributed by atoms with Crippen LogP contribution in [0.2, 0.25) is 0 Å². The Morgan fingerprint density at radius 1 is 0.931 bits per heavy atom. The van der Waals surface area contributed by atoms with E-state index in [-0.39, 0.29) is 11.5 Å². The van der Waals surface area contributed by atoms with Crippen LogP contribution < -0.4 is 15.8 Å². The van der Waals surface area contributed by atoms with E-state index in [2.05, 4.69) is 15.8 Å². The highest BCUT2D eigenvalue weighted by molar-refractivity contribution is 5.96. The Hall–Kier alpha value is -4.20. The summed E-state index contributed by atoms with van der Waals surface area (Å²) in [6.07, 6.45) is 1.35. The van der Waals surface area contributed by atoms with Crippen LogP contribution >= 0.6 is 0 Å². The number of hydrogen-bond acceptors (Lipinski definition) is 6. The van der Waals surface area contributed by atoms with Gasteiger partial charge in [-0.15, -0.1) is 0 Å². The van der Waals surface area contributed by atoms with Gasteiger partial charge in [0.2, 0.25) is 5.91 Å².